The molecule has 86 valence electrons. The Morgan fingerprint density at radius 3 is 2.94 bits per heavy atom. The maximum absolute atomic E-state index is 5.95. The Hall–Kier alpha value is -1.22. The maximum atomic E-state index is 5.95. The van der Waals surface area contributed by atoms with Crippen LogP contribution in [0.25, 0.3) is 11.0 Å². The fourth-order valence-corrected chi connectivity index (χ4v) is 2.16. The lowest BCUT2D eigenvalue weighted by molar-refractivity contribution is 0.636. The van der Waals surface area contributed by atoms with E-state index in [1.165, 1.54) is 0 Å². The van der Waals surface area contributed by atoms with E-state index in [4.69, 9.17) is 17.3 Å². The second-order valence-electron chi connectivity index (χ2n) is 4.20. The van der Waals surface area contributed by atoms with Gasteiger partial charge in [-0.2, -0.15) is 0 Å². The highest BCUT2D eigenvalue weighted by Crippen LogP contribution is 2.27. The van der Waals surface area contributed by atoms with Crippen molar-refractivity contribution in [3.8, 4) is 0 Å². The van der Waals surface area contributed by atoms with Crippen LogP contribution in [0.3, 0.4) is 0 Å². The van der Waals surface area contributed by atoms with Gasteiger partial charge in [-0.1, -0.05) is 31.9 Å². The average Bonchev–Trinajstić information content (AvgIpc) is 2.62. The molecule has 0 aliphatic heterocycles. The van der Waals surface area contributed by atoms with Gasteiger partial charge in [0.2, 0.25) is 0 Å². The van der Waals surface area contributed by atoms with Crippen LogP contribution < -0.4 is 5.73 Å². The molecule has 0 saturated heterocycles. The van der Waals surface area contributed by atoms with Gasteiger partial charge in [0.05, 0.1) is 11.2 Å². The summed E-state index contributed by atoms with van der Waals surface area (Å²) in [5, 5.41) is 0.642. The van der Waals surface area contributed by atoms with Gasteiger partial charge in [-0.3, -0.25) is 0 Å². The molecule has 1 heterocycles. The number of anilines is 1. The largest absolute Gasteiger partial charge is 0.397 e. The number of nitrogen functional groups attached to an aromatic ring is 1. The van der Waals surface area contributed by atoms with Crippen LogP contribution in [0, 0.1) is 0 Å². The number of aromatic amines is 1. The summed E-state index contributed by atoms with van der Waals surface area (Å²) in [7, 11) is 0. The second-order valence-corrected chi connectivity index (χ2v) is 4.64. The highest BCUT2D eigenvalue weighted by atomic mass is 35.5. The van der Waals surface area contributed by atoms with Gasteiger partial charge in [0.25, 0.3) is 0 Å². The zero-order valence-corrected chi connectivity index (χ0v) is 10.3. The number of nitrogens with two attached hydrogens (primary N) is 1. The second kappa shape index (κ2) is 4.34. The van der Waals surface area contributed by atoms with Crippen LogP contribution >= 0.6 is 11.6 Å². The summed E-state index contributed by atoms with van der Waals surface area (Å²) in [4.78, 5) is 7.82. The van der Waals surface area contributed by atoms with Gasteiger partial charge in [0.15, 0.2) is 0 Å². The Kier molecular flexibility index (Phi) is 3.06. The van der Waals surface area contributed by atoms with Crippen molar-refractivity contribution in [2.45, 2.75) is 32.6 Å². The SMILES string of the molecule is CCCC(C)c1nc2c(N)cc(Cl)cc2[nH]1. The summed E-state index contributed by atoms with van der Waals surface area (Å²) >= 11 is 5.95. The molecule has 1 aromatic heterocycles. The Morgan fingerprint density at radius 1 is 1.50 bits per heavy atom. The first kappa shape index (κ1) is 11.3. The van der Waals surface area contributed by atoms with Crippen molar-refractivity contribution in [1.29, 1.82) is 0 Å². The Labute approximate surface area is 100 Å². The van der Waals surface area contributed by atoms with E-state index in [0.717, 1.165) is 29.7 Å². The lowest BCUT2D eigenvalue weighted by Crippen LogP contribution is -1.95. The minimum absolute atomic E-state index is 0.426. The van der Waals surface area contributed by atoms with Crippen LogP contribution in [0.5, 0.6) is 0 Å². The molecule has 1 aromatic carbocycles. The molecule has 0 spiro atoms. The van der Waals surface area contributed by atoms with Crippen molar-refractivity contribution in [2.24, 2.45) is 0 Å². The van der Waals surface area contributed by atoms with Crippen LogP contribution in [0.2, 0.25) is 5.02 Å². The van der Waals surface area contributed by atoms with Gasteiger partial charge in [-0.25, -0.2) is 4.98 Å². The molecule has 0 fully saturated rings. The van der Waals surface area contributed by atoms with E-state index in [2.05, 4.69) is 23.8 Å². The van der Waals surface area contributed by atoms with E-state index in [9.17, 15) is 0 Å². The van der Waals surface area contributed by atoms with E-state index in [1.807, 2.05) is 6.07 Å². The molecule has 0 aliphatic rings. The third-order valence-electron chi connectivity index (χ3n) is 2.79. The minimum Gasteiger partial charge on any atom is -0.397 e. The minimum atomic E-state index is 0.426. The number of hydrogen-bond acceptors (Lipinski definition) is 2. The predicted octanol–water partition coefficient (Wildman–Crippen LogP) is 3.70. The lowest BCUT2D eigenvalue weighted by atomic mass is 10.1. The maximum Gasteiger partial charge on any atom is 0.112 e. The topological polar surface area (TPSA) is 54.7 Å². The Balaban J connectivity index is 2.47. The molecule has 0 aliphatic carbocycles. The zero-order chi connectivity index (χ0) is 11.7. The van der Waals surface area contributed by atoms with Crippen LogP contribution in [0.15, 0.2) is 12.1 Å². The first-order valence-corrected chi connectivity index (χ1v) is 5.94. The monoisotopic (exact) mass is 237 g/mol. The number of imidazole rings is 1. The summed E-state index contributed by atoms with van der Waals surface area (Å²) in [6, 6.07) is 3.60. The molecule has 1 unspecified atom stereocenters. The number of fused-ring (bicyclic) bond motifs is 1. The number of benzene rings is 1. The van der Waals surface area contributed by atoms with Crippen molar-refractivity contribution < 1.29 is 0 Å². The van der Waals surface area contributed by atoms with Gasteiger partial charge < -0.3 is 10.7 Å². The summed E-state index contributed by atoms with van der Waals surface area (Å²) in [6.07, 6.45) is 2.27. The molecule has 3 N–H and O–H groups in total. The molecule has 0 bridgehead atoms. The van der Waals surface area contributed by atoms with Gasteiger partial charge in [-0.15, -0.1) is 0 Å². The first-order valence-electron chi connectivity index (χ1n) is 5.56. The smallest absolute Gasteiger partial charge is 0.112 e. The molecule has 1 atom stereocenters. The molecular formula is C12H16ClN3. The fraction of sp³-hybridized carbons (Fsp3) is 0.417. The summed E-state index contributed by atoms with van der Waals surface area (Å²) in [5.74, 6) is 1.42. The Morgan fingerprint density at radius 2 is 2.25 bits per heavy atom. The van der Waals surface area contributed by atoms with Gasteiger partial charge in [0, 0.05) is 10.9 Å². The molecule has 3 nitrogen and oxygen atoms in total. The van der Waals surface area contributed by atoms with E-state index >= 15 is 0 Å². The molecule has 0 amide bonds. The van der Waals surface area contributed by atoms with Crippen LogP contribution in [-0.2, 0) is 0 Å². The molecule has 2 rings (SSSR count). The number of nitrogens with zero attached hydrogens (tertiary/aromatic N) is 1. The summed E-state index contributed by atoms with van der Waals surface area (Å²) in [6.45, 7) is 4.34. The Bertz CT molecular complexity index is 504. The van der Waals surface area contributed by atoms with Gasteiger partial charge >= 0.3 is 0 Å². The highest BCUT2D eigenvalue weighted by molar-refractivity contribution is 6.31. The predicted molar refractivity (Wildman–Crippen MR) is 68.8 cm³/mol. The number of rotatable bonds is 3. The molecule has 2 aromatic rings. The summed E-state index contributed by atoms with van der Waals surface area (Å²) in [5.41, 5.74) is 8.25. The van der Waals surface area contributed by atoms with Crippen molar-refractivity contribution in [3.63, 3.8) is 0 Å². The first-order chi connectivity index (χ1) is 7.61. The van der Waals surface area contributed by atoms with Gasteiger partial charge in [-0.05, 0) is 18.6 Å². The van der Waals surface area contributed by atoms with Crippen molar-refractivity contribution in [2.75, 3.05) is 5.73 Å². The quantitative estimate of drug-likeness (QED) is 0.800. The van der Waals surface area contributed by atoms with Crippen molar-refractivity contribution in [3.05, 3.63) is 23.0 Å². The molecule has 16 heavy (non-hydrogen) atoms. The van der Waals surface area contributed by atoms with Crippen LogP contribution in [-0.4, -0.2) is 9.97 Å². The number of nitrogens with one attached hydrogen (secondary N) is 1. The van der Waals surface area contributed by atoms with Gasteiger partial charge in [0.1, 0.15) is 11.3 Å². The van der Waals surface area contributed by atoms with E-state index < -0.39 is 0 Å². The van der Waals surface area contributed by atoms with E-state index in [1.54, 1.807) is 6.07 Å². The molecular weight excluding hydrogens is 222 g/mol. The molecule has 0 saturated carbocycles. The number of halogens is 1. The number of H-pyrrole nitrogens is 1. The van der Waals surface area contributed by atoms with Crippen molar-refractivity contribution >= 4 is 28.3 Å². The summed E-state index contributed by atoms with van der Waals surface area (Å²) < 4.78 is 0. The lowest BCUT2D eigenvalue weighted by Gasteiger charge is -2.04. The van der Waals surface area contributed by atoms with E-state index in [-0.39, 0.29) is 0 Å². The molecule has 0 radical (unpaired) electrons. The van der Waals surface area contributed by atoms with Crippen LogP contribution in [0.1, 0.15) is 38.4 Å². The highest BCUT2D eigenvalue weighted by Gasteiger charge is 2.12. The third-order valence-corrected chi connectivity index (χ3v) is 3.01. The zero-order valence-electron chi connectivity index (χ0n) is 9.55. The standard InChI is InChI=1S/C12H16ClN3/c1-3-4-7(2)12-15-10-6-8(13)5-9(14)11(10)16-12/h5-7H,3-4,14H2,1-2H3,(H,15,16). The van der Waals surface area contributed by atoms with Crippen LogP contribution in [0.4, 0.5) is 5.69 Å². The number of aromatic nitrogens is 2. The fourth-order valence-electron chi connectivity index (χ4n) is 1.93. The molecule has 4 heteroatoms. The van der Waals surface area contributed by atoms with Crippen molar-refractivity contribution in [1.82, 2.24) is 9.97 Å². The van der Waals surface area contributed by atoms with E-state index in [0.29, 0.717) is 16.6 Å². The number of hydrogen-bond donors (Lipinski definition) is 2. The normalized spacial score (nSPS) is 13.2. The average molecular weight is 238 g/mol. The third kappa shape index (κ3) is 2.00.